The molecule has 1 N–H and O–H groups in total. The fourth-order valence-corrected chi connectivity index (χ4v) is 4.34. The lowest BCUT2D eigenvalue weighted by atomic mass is 10.0. The predicted molar refractivity (Wildman–Crippen MR) is 105 cm³/mol. The molecule has 1 saturated heterocycles. The molecular formula is C20H21BrClNO3. The summed E-state index contributed by atoms with van der Waals surface area (Å²) in [4.78, 5) is 14.4. The van der Waals surface area contributed by atoms with E-state index in [0.29, 0.717) is 36.7 Å². The van der Waals surface area contributed by atoms with Gasteiger partial charge in [-0.3, -0.25) is 4.79 Å². The van der Waals surface area contributed by atoms with Gasteiger partial charge in [0.05, 0.1) is 12.7 Å². The number of aliphatic hydroxyl groups excluding tert-OH is 1. The maximum absolute atomic E-state index is 12.7. The average molecular weight is 439 g/mol. The van der Waals surface area contributed by atoms with Crippen LogP contribution in [0.1, 0.15) is 22.8 Å². The molecule has 4 nitrogen and oxygen atoms in total. The zero-order valence-corrected chi connectivity index (χ0v) is 16.8. The monoisotopic (exact) mass is 437 g/mol. The number of benzene rings is 2. The molecular weight excluding hydrogens is 418 g/mol. The molecule has 2 aromatic carbocycles. The number of ether oxygens (including phenoxy) is 1. The van der Waals surface area contributed by atoms with Gasteiger partial charge in [-0.05, 0) is 35.7 Å². The molecule has 1 aliphatic heterocycles. The van der Waals surface area contributed by atoms with E-state index in [-0.39, 0.29) is 12.0 Å². The quantitative estimate of drug-likeness (QED) is 0.787. The Kier molecular flexibility index (Phi) is 6.35. The minimum atomic E-state index is -1.14. The smallest absolute Gasteiger partial charge is 0.256 e. The Hall–Kier alpha value is -1.40. The molecule has 0 aromatic heterocycles. The number of aliphatic hydroxyl groups is 1. The number of halogens is 2. The van der Waals surface area contributed by atoms with Crippen LogP contribution in [0.15, 0.2) is 46.9 Å². The highest BCUT2D eigenvalue weighted by Crippen LogP contribution is 2.28. The van der Waals surface area contributed by atoms with E-state index < -0.39 is 6.10 Å². The number of morpholine rings is 1. The Morgan fingerprint density at radius 2 is 2.12 bits per heavy atom. The number of carbonyl (C=O) groups excluding carboxylic acids is 1. The lowest BCUT2D eigenvalue weighted by molar-refractivity contribution is -0.148. The van der Waals surface area contributed by atoms with Gasteiger partial charge >= 0.3 is 0 Å². The summed E-state index contributed by atoms with van der Waals surface area (Å²) in [5.74, 6) is -0.281. The summed E-state index contributed by atoms with van der Waals surface area (Å²) in [6.07, 6.45) is -0.583. The lowest BCUT2D eigenvalue weighted by Gasteiger charge is -2.34. The molecule has 0 unspecified atom stereocenters. The zero-order chi connectivity index (χ0) is 18.7. The molecule has 2 aromatic rings. The topological polar surface area (TPSA) is 49.8 Å². The van der Waals surface area contributed by atoms with Crippen molar-refractivity contribution in [1.29, 1.82) is 0 Å². The van der Waals surface area contributed by atoms with Crippen molar-refractivity contribution in [2.45, 2.75) is 25.6 Å². The van der Waals surface area contributed by atoms with Crippen LogP contribution in [0.5, 0.6) is 0 Å². The van der Waals surface area contributed by atoms with Crippen LogP contribution in [-0.4, -0.2) is 41.7 Å². The second-order valence-electron chi connectivity index (χ2n) is 6.48. The van der Waals surface area contributed by atoms with Crippen molar-refractivity contribution in [2.75, 3.05) is 19.7 Å². The van der Waals surface area contributed by atoms with E-state index in [1.807, 2.05) is 37.3 Å². The summed E-state index contributed by atoms with van der Waals surface area (Å²) in [6, 6.07) is 12.8. The summed E-state index contributed by atoms with van der Waals surface area (Å²) in [5.41, 5.74) is 2.81. The standard InChI is InChI=1S/C20H21BrClNO3/c1-13-9-15(22)10-18(21)17(13)11-16-12-23(7-8-26-16)20(25)19(24)14-5-3-2-4-6-14/h2-6,9-10,16,19,24H,7-8,11-12H2,1H3/t16-,19-/m1/s1. The van der Waals surface area contributed by atoms with Gasteiger partial charge < -0.3 is 14.7 Å². The first-order chi connectivity index (χ1) is 12.5. The number of carbonyl (C=O) groups is 1. The molecule has 1 amide bonds. The van der Waals surface area contributed by atoms with E-state index >= 15 is 0 Å². The van der Waals surface area contributed by atoms with Crippen LogP contribution < -0.4 is 0 Å². The van der Waals surface area contributed by atoms with Gasteiger partial charge in [0.15, 0.2) is 6.10 Å². The van der Waals surface area contributed by atoms with Crippen molar-refractivity contribution in [3.8, 4) is 0 Å². The number of hydrogen-bond acceptors (Lipinski definition) is 3. The van der Waals surface area contributed by atoms with E-state index in [1.165, 1.54) is 0 Å². The summed E-state index contributed by atoms with van der Waals surface area (Å²) in [5, 5.41) is 11.1. The minimum absolute atomic E-state index is 0.119. The Labute approximate surface area is 166 Å². The summed E-state index contributed by atoms with van der Waals surface area (Å²) < 4.78 is 6.80. The first-order valence-electron chi connectivity index (χ1n) is 8.53. The van der Waals surface area contributed by atoms with Crippen LogP contribution in [0, 0.1) is 6.92 Å². The summed E-state index contributed by atoms with van der Waals surface area (Å²) in [6.45, 7) is 3.41. The second-order valence-corrected chi connectivity index (χ2v) is 7.77. The Morgan fingerprint density at radius 3 is 2.81 bits per heavy atom. The number of aryl methyl sites for hydroxylation is 1. The largest absolute Gasteiger partial charge is 0.378 e. The van der Waals surface area contributed by atoms with Crippen molar-refractivity contribution in [3.05, 3.63) is 68.7 Å². The molecule has 1 fully saturated rings. The Morgan fingerprint density at radius 1 is 1.38 bits per heavy atom. The average Bonchev–Trinajstić information content (AvgIpc) is 2.64. The van der Waals surface area contributed by atoms with Crippen molar-refractivity contribution >= 4 is 33.4 Å². The molecule has 138 valence electrons. The number of hydrogen-bond donors (Lipinski definition) is 1. The van der Waals surface area contributed by atoms with E-state index in [9.17, 15) is 9.90 Å². The first-order valence-corrected chi connectivity index (χ1v) is 9.70. The van der Waals surface area contributed by atoms with Crippen LogP contribution in [0.4, 0.5) is 0 Å². The third-order valence-corrected chi connectivity index (χ3v) is 5.54. The highest BCUT2D eigenvalue weighted by molar-refractivity contribution is 9.10. The van der Waals surface area contributed by atoms with E-state index in [4.69, 9.17) is 16.3 Å². The number of nitrogens with zero attached hydrogens (tertiary/aromatic N) is 1. The van der Waals surface area contributed by atoms with Crippen LogP contribution in [-0.2, 0) is 16.0 Å². The van der Waals surface area contributed by atoms with Gasteiger partial charge in [-0.1, -0.05) is 57.9 Å². The van der Waals surface area contributed by atoms with Crippen molar-refractivity contribution in [3.63, 3.8) is 0 Å². The Bertz CT molecular complexity index is 761. The fraction of sp³-hybridized carbons (Fsp3) is 0.350. The number of amides is 1. The van der Waals surface area contributed by atoms with Crippen LogP contribution in [0.3, 0.4) is 0 Å². The van der Waals surface area contributed by atoms with Gasteiger partial charge in [0.2, 0.25) is 0 Å². The van der Waals surface area contributed by atoms with Gasteiger partial charge in [0.1, 0.15) is 0 Å². The normalized spacial score (nSPS) is 18.6. The second kappa shape index (κ2) is 8.53. The van der Waals surface area contributed by atoms with Crippen LogP contribution in [0.25, 0.3) is 0 Å². The molecule has 0 aliphatic carbocycles. The highest BCUT2D eigenvalue weighted by Gasteiger charge is 2.29. The highest BCUT2D eigenvalue weighted by atomic mass is 79.9. The predicted octanol–water partition coefficient (Wildman–Crippen LogP) is 3.91. The molecule has 0 spiro atoms. The van der Waals surface area contributed by atoms with E-state index in [1.54, 1.807) is 17.0 Å². The lowest BCUT2D eigenvalue weighted by Crippen LogP contribution is -2.48. The molecule has 26 heavy (non-hydrogen) atoms. The molecule has 0 radical (unpaired) electrons. The molecule has 0 bridgehead atoms. The van der Waals surface area contributed by atoms with Crippen molar-refractivity contribution in [2.24, 2.45) is 0 Å². The summed E-state index contributed by atoms with van der Waals surface area (Å²) in [7, 11) is 0. The van der Waals surface area contributed by atoms with Crippen LogP contribution >= 0.6 is 27.5 Å². The number of rotatable bonds is 4. The van der Waals surface area contributed by atoms with Gasteiger partial charge in [-0.25, -0.2) is 0 Å². The van der Waals surface area contributed by atoms with E-state index in [0.717, 1.165) is 15.6 Å². The zero-order valence-electron chi connectivity index (χ0n) is 14.5. The third-order valence-electron chi connectivity index (χ3n) is 4.61. The molecule has 6 heteroatoms. The maximum Gasteiger partial charge on any atom is 0.256 e. The van der Waals surface area contributed by atoms with E-state index in [2.05, 4.69) is 15.9 Å². The SMILES string of the molecule is Cc1cc(Cl)cc(Br)c1C[C@@H]1CN(C(=O)[C@H](O)c2ccccc2)CCO1. The summed E-state index contributed by atoms with van der Waals surface area (Å²) >= 11 is 9.64. The van der Waals surface area contributed by atoms with Gasteiger partial charge in [-0.2, -0.15) is 0 Å². The molecule has 1 aliphatic rings. The minimum Gasteiger partial charge on any atom is -0.378 e. The molecule has 2 atom stereocenters. The van der Waals surface area contributed by atoms with Crippen LogP contribution in [0.2, 0.25) is 5.02 Å². The Balaban J connectivity index is 1.69. The van der Waals surface area contributed by atoms with Crippen molar-refractivity contribution < 1.29 is 14.6 Å². The maximum atomic E-state index is 12.7. The fourth-order valence-electron chi connectivity index (χ4n) is 3.21. The molecule has 3 rings (SSSR count). The van der Waals surface area contributed by atoms with Gasteiger partial charge in [0.25, 0.3) is 5.91 Å². The molecule has 0 saturated carbocycles. The third kappa shape index (κ3) is 4.46. The van der Waals surface area contributed by atoms with Gasteiger partial charge in [0, 0.05) is 29.0 Å². The first kappa shape index (κ1) is 19.4. The van der Waals surface area contributed by atoms with Gasteiger partial charge in [-0.15, -0.1) is 0 Å². The van der Waals surface area contributed by atoms with Crippen molar-refractivity contribution in [1.82, 2.24) is 4.90 Å². The molecule has 1 heterocycles.